The van der Waals surface area contributed by atoms with Gasteiger partial charge in [-0.1, -0.05) is 0 Å². The standard InChI is InChI=1S/C14H24N2O/c1-12(2)16(11-14-6-4-8-17-14)10-13-5-3-7-15-9-13/h4,6,8,12-13,15H,3,5,7,9-11H2,1-2H3. The summed E-state index contributed by atoms with van der Waals surface area (Å²) in [6, 6.07) is 4.60. The molecule has 2 rings (SSSR count). The Morgan fingerprint density at radius 1 is 1.53 bits per heavy atom. The normalized spacial score (nSPS) is 21.3. The summed E-state index contributed by atoms with van der Waals surface area (Å²) >= 11 is 0. The summed E-state index contributed by atoms with van der Waals surface area (Å²) in [6.45, 7) is 8.99. The Morgan fingerprint density at radius 2 is 2.41 bits per heavy atom. The third-order valence-corrected chi connectivity index (χ3v) is 3.56. The second-order valence-corrected chi connectivity index (χ2v) is 5.31. The lowest BCUT2D eigenvalue weighted by atomic mass is 9.98. The summed E-state index contributed by atoms with van der Waals surface area (Å²) < 4.78 is 5.45. The van der Waals surface area contributed by atoms with E-state index in [9.17, 15) is 0 Å². The number of rotatable bonds is 5. The molecule has 0 amide bonds. The molecule has 1 aromatic rings. The fraction of sp³-hybridized carbons (Fsp3) is 0.714. The second-order valence-electron chi connectivity index (χ2n) is 5.31. The average Bonchev–Trinajstić information content (AvgIpc) is 2.82. The first-order valence-corrected chi connectivity index (χ1v) is 6.73. The largest absolute Gasteiger partial charge is 0.468 e. The van der Waals surface area contributed by atoms with Gasteiger partial charge in [-0.25, -0.2) is 0 Å². The molecule has 0 saturated carbocycles. The van der Waals surface area contributed by atoms with Crippen LogP contribution in [0.4, 0.5) is 0 Å². The fourth-order valence-electron chi connectivity index (χ4n) is 2.47. The lowest BCUT2D eigenvalue weighted by Gasteiger charge is -2.32. The van der Waals surface area contributed by atoms with Gasteiger partial charge in [0, 0.05) is 12.6 Å². The molecule has 1 unspecified atom stereocenters. The number of furan rings is 1. The minimum Gasteiger partial charge on any atom is -0.468 e. The molecule has 3 heteroatoms. The lowest BCUT2D eigenvalue weighted by Crippen LogP contribution is -2.40. The van der Waals surface area contributed by atoms with Gasteiger partial charge in [0.05, 0.1) is 12.8 Å². The van der Waals surface area contributed by atoms with Crippen LogP contribution in [0.5, 0.6) is 0 Å². The molecule has 0 radical (unpaired) electrons. The van der Waals surface area contributed by atoms with Crippen molar-refractivity contribution in [1.29, 1.82) is 0 Å². The Bertz CT molecular complexity index is 302. The van der Waals surface area contributed by atoms with Crippen LogP contribution in [-0.2, 0) is 6.54 Å². The van der Waals surface area contributed by atoms with E-state index in [1.807, 2.05) is 6.07 Å². The van der Waals surface area contributed by atoms with E-state index in [2.05, 4.69) is 30.1 Å². The van der Waals surface area contributed by atoms with E-state index in [1.54, 1.807) is 6.26 Å². The maximum atomic E-state index is 5.45. The van der Waals surface area contributed by atoms with Gasteiger partial charge in [0.15, 0.2) is 0 Å². The van der Waals surface area contributed by atoms with Crippen LogP contribution in [0.3, 0.4) is 0 Å². The van der Waals surface area contributed by atoms with Gasteiger partial charge < -0.3 is 9.73 Å². The highest BCUT2D eigenvalue weighted by Gasteiger charge is 2.19. The third kappa shape index (κ3) is 3.86. The van der Waals surface area contributed by atoms with Crippen molar-refractivity contribution in [3.63, 3.8) is 0 Å². The molecule has 1 N–H and O–H groups in total. The first kappa shape index (κ1) is 12.7. The predicted octanol–water partition coefficient (Wildman–Crippen LogP) is 2.49. The molecule has 1 aliphatic rings. The SMILES string of the molecule is CC(C)N(Cc1ccco1)CC1CCCNC1. The van der Waals surface area contributed by atoms with Crippen molar-refractivity contribution < 1.29 is 4.42 Å². The van der Waals surface area contributed by atoms with E-state index in [0.717, 1.165) is 18.2 Å². The fourth-order valence-corrected chi connectivity index (χ4v) is 2.47. The quantitative estimate of drug-likeness (QED) is 0.851. The molecule has 96 valence electrons. The zero-order valence-corrected chi connectivity index (χ0v) is 11.0. The zero-order valence-electron chi connectivity index (χ0n) is 11.0. The summed E-state index contributed by atoms with van der Waals surface area (Å²) in [5.74, 6) is 1.86. The van der Waals surface area contributed by atoms with E-state index >= 15 is 0 Å². The Hall–Kier alpha value is -0.800. The van der Waals surface area contributed by atoms with Crippen LogP contribution in [-0.4, -0.2) is 30.6 Å². The highest BCUT2D eigenvalue weighted by atomic mass is 16.3. The molecule has 0 bridgehead atoms. The summed E-state index contributed by atoms with van der Waals surface area (Å²) in [4.78, 5) is 2.51. The zero-order chi connectivity index (χ0) is 12.1. The monoisotopic (exact) mass is 236 g/mol. The van der Waals surface area contributed by atoms with Gasteiger partial charge in [-0.15, -0.1) is 0 Å². The van der Waals surface area contributed by atoms with Crippen LogP contribution in [0, 0.1) is 5.92 Å². The Labute approximate surface area is 104 Å². The van der Waals surface area contributed by atoms with Gasteiger partial charge in [-0.05, 0) is 57.8 Å². The first-order chi connectivity index (χ1) is 8.25. The minimum atomic E-state index is 0.571. The van der Waals surface area contributed by atoms with E-state index in [0.29, 0.717) is 6.04 Å². The molecule has 1 aliphatic heterocycles. The highest BCUT2D eigenvalue weighted by molar-refractivity contribution is 4.98. The van der Waals surface area contributed by atoms with Gasteiger partial charge in [-0.2, -0.15) is 0 Å². The van der Waals surface area contributed by atoms with Gasteiger partial charge in [-0.3, -0.25) is 4.90 Å². The molecule has 2 heterocycles. The molecule has 0 spiro atoms. The van der Waals surface area contributed by atoms with Gasteiger partial charge in [0.2, 0.25) is 0 Å². The molecule has 1 aromatic heterocycles. The van der Waals surface area contributed by atoms with Crippen molar-refractivity contribution >= 4 is 0 Å². The second kappa shape index (κ2) is 6.22. The van der Waals surface area contributed by atoms with Crippen LogP contribution < -0.4 is 5.32 Å². The molecule has 17 heavy (non-hydrogen) atoms. The number of hydrogen-bond donors (Lipinski definition) is 1. The van der Waals surface area contributed by atoms with Crippen LogP contribution in [0.15, 0.2) is 22.8 Å². The summed E-state index contributed by atoms with van der Waals surface area (Å²) in [6.07, 6.45) is 4.43. The third-order valence-electron chi connectivity index (χ3n) is 3.56. The van der Waals surface area contributed by atoms with Crippen molar-refractivity contribution in [2.75, 3.05) is 19.6 Å². The Kier molecular flexibility index (Phi) is 4.63. The van der Waals surface area contributed by atoms with Crippen LogP contribution >= 0.6 is 0 Å². The smallest absolute Gasteiger partial charge is 0.117 e. The molecule has 1 atom stereocenters. The van der Waals surface area contributed by atoms with Crippen molar-refractivity contribution in [1.82, 2.24) is 10.2 Å². The molecule has 3 nitrogen and oxygen atoms in total. The lowest BCUT2D eigenvalue weighted by molar-refractivity contribution is 0.153. The predicted molar refractivity (Wildman–Crippen MR) is 69.8 cm³/mol. The summed E-state index contributed by atoms with van der Waals surface area (Å²) in [5, 5.41) is 3.49. The summed E-state index contributed by atoms with van der Waals surface area (Å²) in [7, 11) is 0. The van der Waals surface area contributed by atoms with Gasteiger partial charge in [0.25, 0.3) is 0 Å². The van der Waals surface area contributed by atoms with Crippen LogP contribution in [0.2, 0.25) is 0 Å². The van der Waals surface area contributed by atoms with Crippen molar-refractivity contribution in [3.8, 4) is 0 Å². The van der Waals surface area contributed by atoms with Crippen molar-refractivity contribution in [2.24, 2.45) is 5.92 Å². The van der Waals surface area contributed by atoms with E-state index in [-0.39, 0.29) is 0 Å². The maximum Gasteiger partial charge on any atom is 0.117 e. The topological polar surface area (TPSA) is 28.4 Å². The molecule has 0 aromatic carbocycles. The van der Waals surface area contributed by atoms with Gasteiger partial charge >= 0.3 is 0 Å². The number of hydrogen-bond acceptors (Lipinski definition) is 3. The molecule has 0 aliphatic carbocycles. The first-order valence-electron chi connectivity index (χ1n) is 6.73. The average molecular weight is 236 g/mol. The Balaban J connectivity index is 1.87. The minimum absolute atomic E-state index is 0.571. The van der Waals surface area contributed by atoms with Crippen LogP contribution in [0.1, 0.15) is 32.4 Å². The van der Waals surface area contributed by atoms with E-state index < -0.39 is 0 Å². The number of nitrogens with zero attached hydrogens (tertiary/aromatic N) is 1. The number of piperidine rings is 1. The van der Waals surface area contributed by atoms with Crippen molar-refractivity contribution in [3.05, 3.63) is 24.2 Å². The Morgan fingerprint density at radius 3 is 3.00 bits per heavy atom. The van der Waals surface area contributed by atoms with Crippen LogP contribution in [0.25, 0.3) is 0 Å². The molecule has 1 saturated heterocycles. The highest BCUT2D eigenvalue weighted by Crippen LogP contribution is 2.16. The number of nitrogens with one attached hydrogen (secondary N) is 1. The van der Waals surface area contributed by atoms with Crippen molar-refractivity contribution in [2.45, 2.75) is 39.3 Å². The maximum absolute atomic E-state index is 5.45. The molecular weight excluding hydrogens is 212 g/mol. The van der Waals surface area contributed by atoms with Gasteiger partial charge in [0.1, 0.15) is 5.76 Å². The molecule has 1 fully saturated rings. The summed E-state index contributed by atoms with van der Waals surface area (Å²) in [5.41, 5.74) is 0. The molecular formula is C14H24N2O. The van der Waals surface area contributed by atoms with E-state index in [1.165, 1.54) is 32.5 Å². The van der Waals surface area contributed by atoms with E-state index in [4.69, 9.17) is 4.42 Å².